The second-order valence-electron chi connectivity index (χ2n) is 7.05. The van der Waals surface area contributed by atoms with E-state index < -0.39 is 16.0 Å². The van der Waals surface area contributed by atoms with Gasteiger partial charge in [-0.25, -0.2) is 13.2 Å². The molecule has 27 heavy (non-hydrogen) atoms. The maximum Gasteiger partial charge on any atom is 0.343 e. The Kier molecular flexibility index (Phi) is 4.88. The number of hydrogen-bond donors (Lipinski definition) is 2. The van der Waals surface area contributed by atoms with E-state index in [1.165, 1.54) is 12.5 Å². The van der Waals surface area contributed by atoms with Crippen LogP contribution in [0.25, 0.3) is 0 Å². The molecule has 2 aromatic carbocycles. The summed E-state index contributed by atoms with van der Waals surface area (Å²) in [4.78, 5) is 12.3. The largest absolute Gasteiger partial charge is 0.423 e. The molecule has 142 valence electrons. The van der Waals surface area contributed by atoms with Gasteiger partial charge in [0.1, 0.15) is 10.6 Å². The van der Waals surface area contributed by atoms with Crippen molar-refractivity contribution in [3.63, 3.8) is 0 Å². The maximum absolute atomic E-state index is 12.7. The third kappa shape index (κ3) is 3.84. The Morgan fingerprint density at radius 2 is 1.74 bits per heavy atom. The van der Waals surface area contributed by atoms with Gasteiger partial charge in [-0.05, 0) is 43.0 Å². The molecule has 0 radical (unpaired) electrons. The number of rotatable bonds is 3. The van der Waals surface area contributed by atoms with Crippen molar-refractivity contribution in [3.05, 3.63) is 54.1 Å². The monoisotopic (exact) mass is 386 g/mol. The van der Waals surface area contributed by atoms with Crippen molar-refractivity contribution >= 4 is 21.7 Å². The Labute approximate surface area is 159 Å². The number of hydrogen-bond acceptors (Lipinski definition) is 5. The van der Waals surface area contributed by atoms with E-state index in [-0.39, 0.29) is 22.7 Å². The molecule has 2 N–H and O–H groups in total. The van der Waals surface area contributed by atoms with Gasteiger partial charge < -0.3 is 10.1 Å². The molecule has 0 amide bonds. The molecule has 0 saturated heterocycles. The number of fused-ring (bicyclic) bond motifs is 1. The van der Waals surface area contributed by atoms with E-state index in [9.17, 15) is 13.2 Å². The number of sulfonamides is 1. The third-order valence-corrected chi connectivity index (χ3v) is 6.66. The average Bonchev–Trinajstić information content (AvgIpc) is 2.69. The summed E-state index contributed by atoms with van der Waals surface area (Å²) in [5.41, 5.74) is 0.954. The fraction of sp³-hybridized carbons (Fsp3) is 0.350. The molecule has 4 rings (SSSR count). The quantitative estimate of drug-likeness (QED) is 0.623. The van der Waals surface area contributed by atoms with Crippen LogP contribution in [0.4, 0.5) is 5.69 Å². The molecule has 7 heteroatoms. The molecular weight excluding hydrogens is 364 g/mol. The van der Waals surface area contributed by atoms with Crippen LogP contribution in [0.2, 0.25) is 0 Å². The number of benzene rings is 2. The second-order valence-corrected chi connectivity index (χ2v) is 8.74. The van der Waals surface area contributed by atoms with Gasteiger partial charge in [0, 0.05) is 6.07 Å². The van der Waals surface area contributed by atoms with Crippen LogP contribution in [0.5, 0.6) is 5.75 Å². The zero-order valence-corrected chi connectivity index (χ0v) is 15.7. The predicted octanol–water partition coefficient (Wildman–Crippen LogP) is 3.52. The van der Waals surface area contributed by atoms with Gasteiger partial charge >= 0.3 is 5.97 Å². The lowest BCUT2D eigenvalue weighted by Crippen LogP contribution is -2.49. The summed E-state index contributed by atoms with van der Waals surface area (Å²) in [5.74, 6) is -0.0343. The fourth-order valence-corrected chi connectivity index (χ4v) is 5.16. The van der Waals surface area contributed by atoms with Crippen molar-refractivity contribution in [3.8, 4) is 5.75 Å². The number of anilines is 1. The minimum atomic E-state index is -3.67. The van der Waals surface area contributed by atoms with Crippen LogP contribution in [0.1, 0.15) is 42.5 Å². The van der Waals surface area contributed by atoms with Gasteiger partial charge in [-0.3, -0.25) is 0 Å². The Balaban J connectivity index is 1.56. The molecule has 1 aliphatic heterocycles. The van der Waals surface area contributed by atoms with Crippen LogP contribution in [-0.4, -0.2) is 20.6 Å². The first-order chi connectivity index (χ1) is 13.0. The second kappa shape index (κ2) is 7.32. The zero-order chi connectivity index (χ0) is 18.9. The summed E-state index contributed by atoms with van der Waals surface area (Å²) in [7, 11) is -3.67. The number of esters is 1. The van der Waals surface area contributed by atoms with E-state index in [2.05, 4.69) is 10.0 Å². The van der Waals surface area contributed by atoms with Crippen molar-refractivity contribution in [1.82, 2.24) is 4.72 Å². The molecule has 1 unspecified atom stereocenters. The van der Waals surface area contributed by atoms with E-state index in [1.807, 2.05) is 6.07 Å². The van der Waals surface area contributed by atoms with E-state index >= 15 is 0 Å². The lowest BCUT2D eigenvalue weighted by atomic mass is 9.87. The summed E-state index contributed by atoms with van der Waals surface area (Å²) in [5, 5.41) is 3.30. The normalized spacial score (nSPS) is 21.7. The molecule has 1 heterocycles. The van der Waals surface area contributed by atoms with Crippen LogP contribution in [0.3, 0.4) is 0 Å². The van der Waals surface area contributed by atoms with Crippen molar-refractivity contribution < 1.29 is 17.9 Å². The van der Waals surface area contributed by atoms with Gasteiger partial charge in [-0.15, -0.1) is 0 Å². The molecular formula is C20H22N2O4S. The van der Waals surface area contributed by atoms with Gasteiger partial charge in [0.2, 0.25) is 10.0 Å². The highest BCUT2D eigenvalue weighted by molar-refractivity contribution is 7.89. The van der Waals surface area contributed by atoms with E-state index in [0.717, 1.165) is 25.7 Å². The standard InChI is InChI=1S/C20H22N2O4S/c23-20(15-9-5-2-6-10-15)26-16-11-12-17-18(13-16)27(24,25)22-19(21-17)14-7-3-1-4-8-14/h2,5-6,9-14,19,21-22H,1,3-4,7-8H2. The molecule has 1 atom stereocenters. The molecule has 2 aromatic rings. The smallest absolute Gasteiger partial charge is 0.343 e. The maximum atomic E-state index is 12.7. The molecule has 6 nitrogen and oxygen atoms in total. The summed E-state index contributed by atoms with van der Waals surface area (Å²) >= 11 is 0. The SMILES string of the molecule is O=C(Oc1ccc2c(c1)S(=O)(=O)NC(C1CCCCC1)N2)c1ccccc1. The van der Waals surface area contributed by atoms with Crippen molar-refractivity contribution in [2.45, 2.75) is 43.2 Å². The van der Waals surface area contributed by atoms with Gasteiger partial charge in [0.05, 0.1) is 17.4 Å². The topological polar surface area (TPSA) is 84.5 Å². The number of carbonyl (C=O) groups excluding carboxylic acids is 1. The first-order valence-electron chi connectivity index (χ1n) is 9.23. The van der Waals surface area contributed by atoms with Crippen LogP contribution < -0.4 is 14.8 Å². The summed E-state index contributed by atoms with van der Waals surface area (Å²) in [6.45, 7) is 0. The summed E-state index contributed by atoms with van der Waals surface area (Å²) < 4.78 is 33.6. The summed E-state index contributed by atoms with van der Waals surface area (Å²) in [6, 6.07) is 13.3. The molecule has 1 saturated carbocycles. The van der Waals surface area contributed by atoms with Crippen LogP contribution >= 0.6 is 0 Å². The summed E-state index contributed by atoms with van der Waals surface area (Å²) in [6.07, 6.45) is 5.21. The fourth-order valence-electron chi connectivity index (χ4n) is 3.76. The predicted molar refractivity (Wildman–Crippen MR) is 102 cm³/mol. The number of ether oxygens (including phenoxy) is 1. The minimum Gasteiger partial charge on any atom is -0.423 e. The van der Waals surface area contributed by atoms with Gasteiger partial charge in [0.15, 0.2) is 0 Å². The Morgan fingerprint density at radius 3 is 2.48 bits per heavy atom. The minimum absolute atomic E-state index is 0.105. The van der Waals surface area contributed by atoms with Crippen molar-refractivity contribution in [2.24, 2.45) is 5.92 Å². The van der Waals surface area contributed by atoms with Gasteiger partial charge in [-0.2, -0.15) is 4.72 Å². The Hall–Kier alpha value is -2.38. The van der Waals surface area contributed by atoms with Crippen molar-refractivity contribution in [1.29, 1.82) is 0 Å². The zero-order valence-electron chi connectivity index (χ0n) is 14.9. The number of nitrogens with one attached hydrogen (secondary N) is 2. The molecule has 1 fully saturated rings. The molecule has 0 aromatic heterocycles. The molecule has 2 aliphatic rings. The van der Waals surface area contributed by atoms with E-state index in [0.29, 0.717) is 11.3 Å². The first kappa shape index (κ1) is 18.0. The van der Waals surface area contributed by atoms with Gasteiger partial charge in [-0.1, -0.05) is 37.5 Å². The van der Waals surface area contributed by atoms with E-state index in [1.54, 1.807) is 36.4 Å². The highest BCUT2D eigenvalue weighted by atomic mass is 32.2. The van der Waals surface area contributed by atoms with Crippen LogP contribution in [0.15, 0.2) is 53.4 Å². The van der Waals surface area contributed by atoms with Gasteiger partial charge in [0.25, 0.3) is 0 Å². The Morgan fingerprint density at radius 1 is 1.00 bits per heavy atom. The van der Waals surface area contributed by atoms with Crippen LogP contribution in [-0.2, 0) is 10.0 Å². The lowest BCUT2D eigenvalue weighted by molar-refractivity contribution is 0.0734. The average molecular weight is 386 g/mol. The lowest BCUT2D eigenvalue weighted by Gasteiger charge is -2.35. The van der Waals surface area contributed by atoms with Crippen LogP contribution in [0, 0.1) is 5.92 Å². The Bertz CT molecular complexity index is 938. The molecule has 0 spiro atoms. The first-order valence-corrected chi connectivity index (χ1v) is 10.7. The molecule has 1 aliphatic carbocycles. The number of carbonyl (C=O) groups is 1. The third-order valence-electron chi connectivity index (χ3n) is 5.18. The van der Waals surface area contributed by atoms with E-state index in [4.69, 9.17) is 4.74 Å². The molecule has 0 bridgehead atoms. The highest BCUT2D eigenvalue weighted by Crippen LogP contribution is 2.35. The highest BCUT2D eigenvalue weighted by Gasteiger charge is 2.34. The van der Waals surface area contributed by atoms with Crippen molar-refractivity contribution in [2.75, 3.05) is 5.32 Å².